The summed E-state index contributed by atoms with van der Waals surface area (Å²) in [5.41, 5.74) is 0. The van der Waals surface area contributed by atoms with Gasteiger partial charge in [-0.2, -0.15) is 0 Å². The summed E-state index contributed by atoms with van der Waals surface area (Å²) in [5.74, 6) is -12.0. The molecular weight excluding hydrogens is 402 g/mol. The lowest BCUT2D eigenvalue weighted by molar-refractivity contribution is 0.283. The smallest absolute Gasteiger partial charge is 0.198 e. The van der Waals surface area contributed by atoms with E-state index in [2.05, 4.69) is 15.9 Å². The van der Waals surface area contributed by atoms with E-state index in [1.807, 2.05) is 6.92 Å². The van der Waals surface area contributed by atoms with Crippen LogP contribution in [0.3, 0.4) is 0 Å². The molecule has 0 fully saturated rings. The van der Waals surface area contributed by atoms with Crippen LogP contribution in [-0.2, 0) is 0 Å². The lowest BCUT2D eigenvalue weighted by Crippen LogP contribution is -2.13. The zero-order chi connectivity index (χ0) is 18.0. The second kappa shape index (κ2) is 7.63. The fraction of sp³-hybridized carbons (Fsp3) is 0.375. The van der Waals surface area contributed by atoms with E-state index in [0.717, 1.165) is 12.8 Å². The quantitative estimate of drug-likeness (QED) is 0.243. The van der Waals surface area contributed by atoms with Crippen LogP contribution in [0.25, 0.3) is 10.8 Å². The minimum absolute atomic E-state index is 0.132. The summed E-state index contributed by atoms with van der Waals surface area (Å²) in [6.45, 7) is 1.83. The van der Waals surface area contributed by atoms with Crippen molar-refractivity contribution in [3.05, 3.63) is 41.0 Å². The first kappa shape index (κ1) is 18.9. The molecule has 1 atom stereocenters. The predicted molar refractivity (Wildman–Crippen MR) is 81.4 cm³/mol. The van der Waals surface area contributed by atoms with Gasteiger partial charge in [-0.25, -0.2) is 26.3 Å². The Kier molecular flexibility index (Phi) is 6.01. The zero-order valence-electron chi connectivity index (χ0n) is 12.5. The number of hydrogen-bond acceptors (Lipinski definition) is 1. The Hall–Kier alpha value is -1.44. The van der Waals surface area contributed by atoms with Gasteiger partial charge in [0.05, 0.1) is 5.39 Å². The molecule has 0 heterocycles. The lowest BCUT2D eigenvalue weighted by atomic mass is 10.1. The van der Waals surface area contributed by atoms with Gasteiger partial charge in [0, 0.05) is 10.2 Å². The third-order valence-electron chi connectivity index (χ3n) is 3.49. The minimum atomic E-state index is -2.17. The van der Waals surface area contributed by atoms with Crippen LogP contribution >= 0.6 is 15.9 Å². The van der Waals surface area contributed by atoms with Crippen molar-refractivity contribution in [1.29, 1.82) is 0 Å². The minimum Gasteiger partial charge on any atom is -0.486 e. The van der Waals surface area contributed by atoms with E-state index in [-0.39, 0.29) is 11.4 Å². The molecule has 2 rings (SSSR count). The SMILES string of the molecule is CCCCC(Br)COc1c(F)cc2c(F)c(F)c(F)c(F)c2c1F. The van der Waals surface area contributed by atoms with E-state index >= 15 is 0 Å². The molecule has 0 aliphatic rings. The first-order valence-corrected chi connectivity index (χ1v) is 8.11. The van der Waals surface area contributed by atoms with Crippen molar-refractivity contribution >= 4 is 26.7 Å². The number of alkyl halides is 1. The molecule has 0 radical (unpaired) electrons. The van der Waals surface area contributed by atoms with E-state index in [1.165, 1.54) is 0 Å². The van der Waals surface area contributed by atoms with Gasteiger partial charge in [-0.3, -0.25) is 0 Å². The standard InChI is InChI=1S/C16H13BrF6O/c1-2-3-4-7(17)6-24-16-9(18)5-8-10(13(16)21)12(20)15(23)14(22)11(8)19/h5,7H,2-4,6H2,1H3. The first-order valence-electron chi connectivity index (χ1n) is 7.20. The summed E-state index contributed by atoms with van der Waals surface area (Å²) in [5, 5.41) is -2.22. The highest BCUT2D eigenvalue weighted by atomic mass is 79.9. The number of fused-ring (bicyclic) bond motifs is 1. The highest BCUT2D eigenvalue weighted by Crippen LogP contribution is 2.35. The van der Waals surface area contributed by atoms with Crippen LogP contribution in [0.2, 0.25) is 0 Å². The maximum atomic E-state index is 14.3. The number of halogens is 7. The lowest BCUT2D eigenvalue weighted by Gasteiger charge is -2.14. The molecule has 0 aliphatic carbocycles. The molecule has 0 amide bonds. The average molecular weight is 415 g/mol. The van der Waals surface area contributed by atoms with Gasteiger partial charge in [-0.1, -0.05) is 35.7 Å². The van der Waals surface area contributed by atoms with Crippen LogP contribution in [0.1, 0.15) is 26.2 Å². The highest BCUT2D eigenvalue weighted by Gasteiger charge is 2.27. The van der Waals surface area contributed by atoms with Crippen LogP contribution in [0.4, 0.5) is 26.3 Å². The summed E-state index contributed by atoms with van der Waals surface area (Å²) in [6.07, 6.45) is 2.44. The average Bonchev–Trinajstić information content (AvgIpc) is 2.55. The van der Waals surface area contributed by atoms with Gasteiger partial charge in [0.25, 0.3) is 0 Å². The fourth-order valence-corrected chi connectivity index (χ4v) is 2.68. The Morgan fingerprint density at radius 2 is 1.58 bits per heavy atom. The van der Waals surface area contributed by atoms with Crippen molar-refractivity contribution in [3.63, 3.8) is 0 Å². The van der Waals surface area contributed by atoms with Crippen LogP contribution in [0, 0.1) is 34.9 Å². The molecule has 0 aliphatic heterocycles. The Morgan fingerprint density at radius 1 is 0.958 bits per heavy atom. The molecule has 1 unspecified atom stereocenters. The topological polar surface area (TPSA) is 9.23 Å². The van der Waals surface area contributed by atoms with Crippen LogP contribution in [-0.4, -0.2) is 11.4 Å². The highest BCUT2D eigenvalue weighted by molar-refractivity contribution is 9.09. The molecule has 8 heteroatoms. The van der Waals surface area contributed by atoms with Gasteiger partial charge < -0.3 is 4.74 Å². The Bertz CT molecular complexity index is 765. The van der Waals surface area contributed by atoms with Crippen molar-refractivity contribution in [2.75, 3.05) is 6.61 Å². The Morgan fingerprint density at radius 3 is 2.21 bits per heavy atom. The molecule has 0 aromatic heterocycles. The molecule has 0 saturated heterocycles. The maximum absolute atomic E-state index is 14.3. The zero-order valence-corrected chi connectivity index (χ0v) is 14.1. The van der Waals surface area contributed by atoms with Crippen molar-refractivity contribution < 1.29 is 31.1 Å². The van der Waals surface area contributed by atoms with Crippen LogP contribution in [0.5, 0.6) is 5.75 Å². The van der Waals surface area contributed by atoms with E-state index in [1.54, 1.807) is 0 Å². The normalized spacial score (nSPS) is 12.7. The van der Waals surface area contributed by atoms with Gasteiger partial charge in [0.15, 0.2) is 40.7 Å². The monoisotopic (exact) mass is 414 g/mol. The first-order chi connectivity index (χ1) is 11.3. The Labute approximate surface area is 142 Å². The Balaban J connectivity index is 2.46. The van der Waals surface area contributed by atoms with Crippen LogP contribution < -0.4 is 4.74 Å². The number of hydrogen-bond donors (Lipinski definition) is 0. The summed E-state index contributed by atoms with van der Waals surface area (Å²) in [7, 11) is 0. The number of ether oxygens (including phenoxy) is 1. The molecule has 2 aromatic rings. The molecule has 0 N–H and O–H groups in total. The molecule has 0 saturated carbocycles. The van der Waals surface area contributed by atoms with Crippen molar-refractivity contribution in [2.24, 2.45) is 0 Å². The number of benzene rings is 2. The molecule has 24 heavy (non-hydrogen) atoms. The fourth-order valence-electron chi connectivity index (χ4n) is 2.22. The summed E-state index contributed by atoms with van der Waals surface area (Å²) in [6, 6.07) is 0.379. The van der Waals surface area contributed by atoms with Gasteiger partial charge in [0.2, 0.25) is 0 Å². The third-order valence-corrected chi connectivity index (χ3v) is 4.21. The second-order valence-corrected chi connectivity index (χ2v) is 6.53. The molecular formula is C16H13BrF6O. The van der Waals surface area contributed by atoms with Crippen molar-refractivity contribution in [2.45, 2.75) is 31.0 Å². The third kappa shape index (κ3) is 3.48. The van der Waals surface area contributed by atoms with E-state index < -0.39 is 51.4 Å². The summed E-state index contributed by atoms with van der Waals surface area (Å²) >= 11 is 3.27. The van der Waals surface area contributed by atoms with Gasteiger partial charge >= 0.3 is 0 Å². The van der Waals surface area contributed by atoms with Crippen molar-refractivity contribution in [1.82, 2.24) is 0 Å². The van der Waals surface area contributed by atoms with Gasteiger partial charge in [-0.05, 0) is 12.5 Å². The van der Waals surface area contributed by atoms with Crippen molar-refractivity contribution in [3.8, 4) is 5.75 Å². The van der Waals surface area contributed by atoms with Crippen LogP contribution in [0.15, 0.2) is 6.07 Å². The van der Waals surface area contributed by atoms with Gasteiger partial charge in [-0.15, -0.1) is 0 Å². The molecule has 132 valence electrons. The molecule has 1 nitrogen and oxygen atoms in total. The number of unbranched alkanes of at least 4 members (excludes halogenated alkanes) is 1. The van der Waals surface area contributed by atoms with Gasteiger partial charge in [0.1, 0.15) is 6.61 Å². The second-order valence-electron chi connectivity index (χ2n) is 5.23. The van der Waals surface area contributed by atoms with E-state index in [4.69, 9.17) is 4.74 Å². The molecule has 0 spiro atoms. The number of rotatable bonds is 6. The summed E-state index contributed by atoms with van der Waals surface area (Å²) in [4.78, 5) is -0.210. The van der Waals surface area contributed by atoms with E-state index in [9.17, 15) is 26.3 Å². The molecule has 0 bridgehead atoms. The predicted octanol–water partition coefficient (Wildman–Crippen LogP) is 6.01. The van der Waals surface area contributed by atoms with E-state index in [0.29, 0.717) is 12.5 Å². The largest absolute Gasteiger partial charge is 0.486 e. The molecule has 2 aromatic carbocycles. The maximum Gasteiger partial charge on any atom is 0.198 e. The summed E-state index contributed by atoms with van der Waals surface area (Å²) < 4.78 is 87.1.